The second kappa shape index (κ2) is 7.30. The summed E-state index contributed by atoms with van der Waals surface area (Å²) >= 11 is 0. The zero-order valence-electron chi connectivity index (χ0n) is 5.21. The summed E-state index contributed by atoms with van der Waals surface area (Å²) in [6, 6.07) is 0. The van der Waals surface area contributed by atoms with Gasteiger partial charge in [0, 0.05) is 12.8 Å². The summed E-state index contributed by atoms with van der Waals surface area (Å²) in [4.78, 5) is 19.4. The Hall–Kier alpha value is -0.700. The molecule has 0 aliphatic rings. The van der Waals surface area contributed by atoms with Gasteiger partial charge in [-0.15, -0.1) is 0 Å². The topological polar surface area (TPSA) is 43.4 Å². The fourth-order valence-corrected chi connectivity index (χ4v) is 0.365. The van der Waals surface area contributed by atoms with Crippen molar-refractivity contribution < 1.29 is 14.3 Å². The van der Waals surface area contributed by atoms with E-state index in [-0.39, 0.29) is 0 Å². The Bertz CT molecular complexity index is 70.4. The van der Waals surface area contributed by atoms with Crippen LogP contribution in [0.3, 0.4) is 0 Å². The summed E-state index contributed by atoms with van der Waals surface area (Å²) in [6.07, 6.45) is 2.42. The lowest BCUT2D eigenvalue weighted by molar-refractivity contribution is -0.109. The highest BCUT2D eigenvalue weighted by Gasteiger charge is 1.84. The normalized spacial score (nSPS) is 8.89. The second-order valence-corrected chi connectivity index (χ2v) is 1.52. The summed E-state index contributed by atoms with van der Waals surface area (Å²) in [5.74, 6) is 0. The molecule has 0 atom stereocenters. The molecular weight excluding hydrogens is 120 g/mol. The second-order valence-electron chi connectivity index (χ2n) is 1.52. The third-order valence-corrected chi connectivity index (χ3v) is 0.760. The first-order chi connectivity index (χ1) is 4.41. The van der Waals surface area contributed by atoms with Crippen molar-refractivity contribution in [3.8, 4) is 0 Å². The zero-order valence-corrected chi connectivity index (χ0v) is 5.21. The van der Waals surface area contributed by atoms with E-state index >= 15 is 0 Å². The highest BCUT2D eigenvalue weighted by Crippen LogP contribution is 1.79. The smallest absolute Gasteiger partial charge is 0.122 e. The Balaban J connectivity index is 2.74. The zero-order chi connectivity index (χ0) is 6.95. The molecule has 0 bridgehead atoms. The molecule has 0 radical (unpaired) electrons. The Morgan fingerprint density at radius 2 is 1.44 bits per heavy atom. The van der Waals surface area contributed by atoms with E-state index < -0.39 is 0 Å². The van der Waals surface area contributed by atoms with Gasteiger partial charge in [0.25, 0.3) is 0 Å². The van der Waals surface area contributed by atoms with Crippen LogP contribution in [0.5, 0.6) is 0 Å². The van der Waals surface area contributed by atoms with Crippen molar-refractivity contribution >= 4 is 12.6 Å². The lowest BCUT2D eigenvalue weighted by Crippen LogP contribution is -1.97. The van der Waals surface area contributed by atoms with Crippen LogP contribution in [0.2, 0.25) is 0 Å². The maximum absolute atomic E-state index is 9.69. The molecule has 0 fully saturated rings. The molecule has 0 aromatic heterocycles. The Kier molecular flexibility index (Phi) is 6.73. The molecule has 0 aromatic carbocycles. The lowest BCUT2D eigenvalue weighted by Gasteiger charge is -1.94. The molecule has 0 aliphatic heterocycles. The van der Waals surface area contributed by atoms with Gasteiger partial charge < -0.3 is 14.3 Å². The molecule has 0 amide bonds. The summed E-state index contributed by atoms with van der Waals surface area (Å²) < 4.78 is 4.85. The molecule has 9 heavy (non-hydrogen) atoms. The number of aldehydes is 2. The molecule has 0 unspecified atom stereocenters. The predicted octanol–water partition coefficient (Wildman–Crippen LogP) is 0.181. The van der Waals surface area contributed by atoms with Crippen molar-refractivity contribution in [3.63, 3.8) is 0 Å². The fourth-order valence-electron chi connectivity index (χ4n) is 0.365. The van der Waals surface area contributed by atoms with Crippen LogP contribution in [0.15, 0.2) is 0 Å². The van der Waals surface area contributed by atoms with Gasteiger partial charge in [-0.1, -0.05) is 0 Å². The van der Waals surface area contributed by atoms with Gasteiger partial charge in [-0.2, -0.15) is 0 Å². The summed E-state index contributed by atoms with van der Waals surface area (Å²) in [5.41, 5.74) is 0. The van der Waals surface area contributed by atoms with Gasteiger partial charge >= 0.3 is 0 Å². The highest BCUT2D eigenvalue weighted by atomic mass is 16.5. The van der Waals surface area contributed by atoms with Crippen molar-refractivity contribution in [2.75, 3.05) is 13.2 Å². The minimum atomic E-state index is 0.416. The lowest BCUT2D eigenvalue weighted by atomic mass is 10.5. The van der Waals surface area contributed by atoms with Crippen molar-refractivity contribution in [2.45, 2.75) is 12.8 Å². The third-order valence-electron chi connectivity index (χ3n) is 0.760. The first-order valence-corrected chi connectivity index (χ1v) is 2.87. The van der Waals surface area contributed by atoms with Crippen molar-refractivity contribution in [2.24, 2.45) is 0 Å². The van der Waals surface area contributed by atoms with Crippen molar-refractivity contribution in [1.82, 2.24) is 0 Å². The van der Waals surface area contributed by atoms with Gasteiger partial charge in [0.05, 0.1) is 13.2 Å². The minimum absolute atomic E-state index is 0.416. The molecule has 0 spiro atoms. The maximum atomic E-state index is 9.69. The molecular formula is C6H10O3. The standard InChI is InChI=1S/C6H10O3/c7-3-1-5-9-6-2-4-8/h3-4H,1-2,5-6H2. The van der Waals surface area contributed by atoms with Gasteiger partial charge in [-0.25, -0.2) is 0 Å². The molecule has 3 heteroatoms. The largest absolute Gasteiger partial charge is 0.381 e. The van der Waals surface area contributed by atoms with Crippen LogP contribution >= 0.6 is 0 Å². The summed E-state index contributed by atoms with van der Waals surface area (Å²) in [6.45, 7) is 0.856. The Morgan fingerprint density at radius 3 is 1.78 bits per heavy atom. The van der Waals surface area contributed by atoms with E-state index in [1.165, 1.54) is 0 Å². The van der Waals surface area contributed by atoms with E-state index in [0.29, 0.717) is 26.1 Å². The van der Waals surface area contributed by atoms with Crippen molar-refractivity contribution in [3.05, 3.63) is 0 Å². The molecule has 0 aromatic rings. The molecule has 0 rings (SSSR count). The Morgan fingerprint density at radius 1 is 1.00 bits per heavy atom. The van der Waals surface area contributed by atoms with E-state index in [2.05, 4.69) is 0 Å². The number of hydrogen-bond acceptors (Lipinski definition) is 3. The summed E-state index contributed by atoms with van der Waals surface area (Å²) in [7, 11) is 0. The SMILES string of the molecule is O=CCCOCCC=O. The summed E-state index contributed by atoms with van der Waals surface area (Å²) in [5, 5.41) is 0. The first kappa shape index (κ1) is 8.30. The first-order valence-electron chi connectivity index (χ1n) is 2.87. The molecule has 0 aliphatic carbocycles. The number of carbonyl (C=O) groups excluding carboxylic acids is 2. The highest BCUT2D eigenvalue weighted by molar-refractivity contribution is 5.49. The van der Waals surface area contributed by atoms with Crippen LogP contribution in [-0.4, -0.2) is 25.8 Å². The average molecular weight is 130 g/mol. The quantitative estimate of drug-likeness (QED) is 0.380. The molecule has 52 valence electrons. The van der Waals surface area contributed by atoms with Gasteiger partial charge in [0.1, 0.15) is 12.6 Å². The van der Waals surface area contributed by atoms with Crippen LogP contribution in [0.4, 0.5) is 0 Å². The van der Waals surface area contributed by atoms with Crippen LogP contribution in [0.25, 0.3) is 0 Å². The van der Waals surface area contributed by atoms with Gasteiger partial charge in [0.2, 0.25) is 0 Å². The minimum Gasteiger partial charge on any atom is -0.381 e. The molecule has 0 heterocycles. The maximum Gasteiger partial charge on any atom is 0.122 e. The van der Waals surface area contributed by atoms with Crippen LogP contribution in [-0.2, 0) is 14.3 Å². The van der Waals surface area contributed by atoms with Crippen LogP contribution in [0.1, 0.15) is 12.8 Å². The van der Waals surface area contributed by atoms with Gasteiger partial charge in [-0.05, 0) is 0 Å². The average Bonchev–Trinajstić information content (AvgIpc) is 1.89. The monoisotopic (exact) mass is 130 g/mol. The van der Waals surface area contributed by atoms with E-state index in [1.807, 2.05) is 0 Å². The Labute approximate surface area is 54.0 Å². The molecule has 0 saturated heterocycles. The van der Waals surface area contributed by atoms with E-state index in [1.54, 1.807) is 0 Å². The van der Waals surface area contributed by atoms with Gasteiger partial charge in [0.15, 0.2) is 0 Å². The predicted molar refractivity (Wildman–Crippen MR) is 32.2 cm³/mol. The van der Waals surface area contributed by atoms with E-state index in [9.17, 15) is 9.59 Å². The number of carbonyl (C=O) groups is 2. The van der Waals surface area contributed by atoms with Crippen LogP contribution < -0.4 is 0 Å². The molecule has 3 nitrogen and oxygen atoms in total. The van der Waals surface area contributed by atoms with Gasteiger partial charge in [-0.3, -0.25) is 0 Å². The molecule has 0 N–H and O–H groups in total. The number of hydrogen-bond donors (Lipinski definition) is 0. The fraction of sp³-hybridized carbons (Fsp3) is 0.667. The number of ether oxygens (including phenoxy) is 1. The van der Waals surface area contributed by atoms with E-state index in [4.69, 9.17) is 4.74 Å². The van der Waals surface area contributed by atoms with Crippen molar-refractivity contribution in [1.29, 1.82) is 0 Å². The van der Waals surface area contributed by atoms with E-state index in [0.717, 1.165) is 12.6 Å². The third kappa shape index (κ3) is 7.30. The molecule has 0 saturated carbocycles. The number of rotatable bonds is 6. The van der Waals surface area contributed by atoms with Crippen LogP contribution in [0, 0.1) is 0 Å².